The van der Waals surface area contributed by atoms with Gasteiger partial charge in [-0.1, -0.05) is 13.8 Å². The van der Waals surface area contributed by atoms with Crippen molar-refractivity contribution in [1.82, 2.24) is 10.6 Å². The summed E-state index contributed by atoms with van der Waals surface area (Å²) in [6, 6.07) is 1.95. The lowest BCUT2D eigenvalue weighted by atomic mass is 9.75. The predicted octanol–water partition coefficient (Wildman–Crippen LogP) is 3.70. The zero-order chi connectivity index (χ0) is 15.1. The van der Waals surface area contributed by atoms with Crippen molar-refractivity contribution in [2.45, 2.75) is 66.0 Å². The van der Waals surface area contributed by atoms with E-state index in [9.17, 15) is 4.79 Å². The second-order valence-corrected chi connectivity index (χ2v) is 7.68. The van der Waals surface area contributed by atoms with Gasteiger partial charge in [0, 0.05) is 17.5 Å². The highest BCUT2D eigenvalue weighted by atomic mass is 16.3. The minimum absolute atomic E-state index is 0.0218. The zero-order valence-corrected chi connectivity index (χ0v) is 13.4. The third kappa shape index (κ3) is 3.56. The lowest BCUT2D eigenvalue weighted by Gasteiger charge is -2.35. The van der Waals surface area contributed by atoms with Crippen LogP contribution in [0, 0.1) is 12.3 Å². The van der Waals surface area contributed by atoms with Gasteiger partial charge < -0.3 is 15.1 Å². The van der Waals surface area contributed by atoms with Gasteiger partial charge in [0.2, 0.25) is 0 Å². The first-order valence-corrected chi connectivity index (χ1v) is 7.24. The molecule has 112 valence electrons. The lowest BCUT2D eigenvalue weighted by molar-refractivity contribution is 0.208. The first-order chi connectivity index (χ1) is 9.06. The average Bonchev–Trinajstić information content (AvgIpc) is 2.53. The van der Waals surface area contributed by atoms with Gasteiger partial charge in [-0.25, -0.2) is 4.79 Å². The van der Waals surface area contributed by atoms with Gasteiger partial charge in [-0.3, -0.25) is 0 Å². The molecule has 0 aromatic carbocycles. The van der Waals surface area contributed by atoms with Crippen molar-refractivity contribution < 1.29 is 9.21 Å². The van der Waals surface area contributed by atoms with Gasteiger partial charge in [0.25, 0.3) is 0 Å². The molecule has 1 aliphatic rings. The number of carbonyl (C=O) groups excluding carboxylic acids is 1. The largest absolute Gasteiger partial charge is 0.466 e. The summed E-state index contributed by atoms with van der Waals surface area (Å²) in [5.41, 5.74) is 1.03. The number of furan rings is 1. The van der Waals surface area contributed by atoms with Crippen LogP contribution in [0.1, 0.15) is 64.2 Å². The van der Waals surface area contributed by atoms with Crippen molar-refractivity contribution in [1.29, 1.82) is 0 Å². The van der Waals surface area contributed by atoms with Crippen molar-refractivity contribution in [2.24, 2.45) is 5.41 Å². The molecule has 2 N–H and O–H groups in total. The van der Waals surface area contributed by atoms with E-state index in [0.717, 1.165) is 29.9 Å². The van der Waals surface area contributed by atoms with Crippen LogP contribution >= 0.6 is 0 Å². The molecule has 0 saturated carbocycles. The number of hydrogen-bond acceptors (Lipinski definition) is 2. The Morgan fingerprint density at radius 1 is 1.40 bits per heavy atom. The van der Waals surface area contributed by atoms with Crippen molar-refractivity contribution in [3.05, 3.63) is 23.2 Å². The molecule has 0 saturated heterocycles. The monoisotopic (exact) mass is 278 g/mol. The van der Waals surface area contributed by atoms with Crippen LogP contribution in [0.15, 0.2) is 10.5 Å². The quantitative estimate of drug-likeness (QED) is 0.823. The molecule has 2 rings (SSSR count). The van der Waals surface area contributed by atoms with Gasteiger partial charge in [0.05, 0.1) is 6.04 Å². The van der Waals surface area contributed by atoms with E-state index in [1.807, 2.05) is 33.8 Å². The van der Waals surface area contributed by atoms with Crippen molar-refractivity contribution in [2.75, 3.05) is 0 Å². The van der Waals surface area contributed by atoms with Crippen molar-refractivity contribution in [3.63, 3.8) is 0 Å². The molecule has 0 radical (unpaired) electrons. The van der Waals surface area contributed by atoms with Crippen LogP contribution in [-0.2, 0) is 6.42 Å². The summed E-state index contributed by atoms with van der Waals surface area (Å²) in [6.07, 6.45) is 1.85. The molecule has 0 bridgehead atoms. The van der Waals surface area contributed by atoms with Crippen LogP contribution < -0.4 is 10.6 Å². The van der Waals surface area contributed by atoms with Gasteiger partial charge in [-0.05, 0) is 45.6 Å². The molecule has 0 fully saturated rings. The Morgan fingerprint density at radius 3 is 2.65 bits per heavy atom. The first-order valence-electron chi connectivity index (χ1n) is 7.24. The molecular formula is C16H26N2O2. The number of hydrogen-bond donors (Lipinski definition) is 2. The molecule has 0 spiro atoms. The molecule has 4 nitrogen and oxygen atoms in total. The summed E-state index contributed by atoms with van der Waals surface area (Å²) in [5.74, 6) is 1.93. The average molecular weight is 278 g/mol. The number of carbonyl (C=O) groups is 1. The summed E-state index contributed by atoms with van der Waals surface area (Å²) < 4.78 is 5.78. The first kappa shape index (κ1) is 14.9. The summed E-state index contributed by atoms with van der Waals surface area (Å²) in [7, 11) is 0. The van der Waals surface area contributed by atoms with E-state index in [-0.39, 0.29) is 23.0 Å². The fraction of sp³-hybridized carbons (Fsp3) is 0.688. The van der Waals surface area contributed by atoms with E-state index < -0.39 is 0 Å². The molecular weight excluding hydrogens is 252 g/mol. The summed E-state index contributed by atoms with van der Waals surface area (Å²) in [4.78, 5) is 12.1. The Bertz CT molecular complexity index is 509. The Balaban J connectivity index is 2.17. The third-order valence-corrected chi connectivity index (χ3v) is 3.53. The number of urea groups is 1. The fourth-order valence-electron chi connectivity index (χ4n) is 2.85. The fourth-order valence-corrected chi connectivity index (χ4v) is 2.85. The summed E-state index contributed by atoms with van der Waals surface area (Å²) in [6.45, 7) is 12.3. The highest BCUT2D eigenvalue weighted by Gasteiger charge is 2.35. The standard InChI is InChI=1S/C16H26N2O2/c1-10-7-11-12(17-14(19)18-15(2,3)4)8-16(5,6)9-13(11)20-10/h7,12H,8-9H2,1-6H3,(H2,17,18,19). The van der Waals surface area contributed by atoms with Crippen molar-refractivity contribution >= 4 is 6.03 Å². The second kappa shape index (κ2) is 4.83. The number of rotatable bonds is 1. The SMILES string of the molecule is Cc1cc2c(o1)CC(C)(C)CC2NC(=O)NC(C)(C)C. The molecule has 20 heavy (non-hydrogen) atoms. The maximum Gasteiger partial charge on any atom is 0.315 e. The molecule has 1 heterocycles. The Labute approximate surface area is 121 Å². The van der Waals surface area contributed by atoms with Crippen LogP contribution in [0.25, 0.3) is 0 Å². The van der Waals surface area contributed by atoms with Crippen LogP contribution in [0.4, 0.5) is 4.79 Å². The van der Waals surface area contributed by atoms with Gasteiger partial charge in [-0.15, -0.1) is 0 Å². The Morgan fingerprint density at radius 2 is 2.05 bits per heavy atom. The molecule has 2 amide bonds. The normalized spacial score (nSPS) is 21.2. The van der Waals surface area contributed by atoms with Crippen LogP contribution in [0.5, 0.6) is 0 Å². The molecule has 1 aliphatic carbocycles. The minimum atomic E-state index is -0.233. The molecule has 1 aromatic heterocycles. The second-order valence-electron chi connectivity index (χ2n) is 7.68. The molecule has 1 atom stereocenters. The van der Waals surface area contributed by atoms with Gasteiger partial charge in [0.1, 0.15) is 11.5 Å². The highest BCUT2D eigenvalue weighted by molar-refractivity contribution is 5.75. The van der Waals surface area contributed by atoms with Crippen LogP contribution in [-0.4, -0.2) is 11.6 Å². The topological polar surface area (TPSA) is 54.3 Å². The molecule has 4 heteroatoms. The number of fused-ring (bicyclic) bond motifs is 1. The minimum Gasteiger partial charge on any atom is -0.466 e. The molecule has 0 aliphatic heterocycles. The Hall–Kier alpha value is -1.45. The zero-order valence-electron chi connectivity index (χ0n) is 13.4. The van der Waals surface area contributed by atoms with Gasteiger partial charge >= 0.3 is 6.03 Å². The van der Waals surface area contributed by atoms with E-state index in [2.05, 4.69) is 24.5 Å². The maximum absolute atomic E-state index is 12.1. The van der Waals surface area contributed by atoms with Gasteiger partial charge in [-0.2, -0.15) is 0 Å². The number of amides is 2. The third-order valence-electron chi connectivity index (χ3n) is 3.53. The van der Waals surface area contributed by atoms with E-state index in [1.54, 1.807) is 0 Å². The van der Waals surface area contributed by atoms with E-state index in [1.165, 1.54) is 0 Å². The molecule has 1 aromatic rings. The lowest BCUT2D eigenvalue weighted by Crippen LogP contribution is -2.48. The summed E-state index contributed by atoms with van der Waals surface area (Å²) >= 11 is 0. The number of aryl methyl sites for hydroxylation is 1. The summed E-state index contributed by atoms with van der Waals surface area (Å²) in [5, 5.41) is 6.04. The highest BCUT2D eigenvalue weighted by Crippen LogP contribution is 2.41. The molecule has 1 unspecified atom stereocenters. The number of nitrogens with one attached hydrogen (secondary N) is 2. The predicted molar refractivity (Wildman–Crippen MR) is 79.7 cm³/mol. The smallest absolute Gasteiger partial charge is 0.315 e. The van der Waals surface area contributed by atoms with Crippen molar-refractivity contribution in [3.8, 4) is 0 Å². The van der Waals surface area contributed by atoms with Gasteiger partial charge in [0.15, 0.2) is 0 Å². The van der Waals surface area contributed by atoms with E-state index in [4.69, 9.17) is 4.42 Å². The van der Waals surface area contributed by atoms with E-state index >= 15 is 0 Å². The van der Waals surface area contributed by atoms with Crippen LogP contribution in [0.2, 0.25) is 0 Å². The maximum atomic E-state index is 12.1. The van der Waals surface area contributed by atoms with Crippen LogP contribution in [0.3, 0.4) is 0 Å². The Kier molecular flexibility index (Phi) is 3.61. The van der Waals surface area contributed by atoms with E-state index in [0.29, 0.717) is 0 Å².